The lowest BCUT2D eigenvalue weighted by Gasteiger charge is -2.46. The number of carbonyl (C=O) groups excluding carboxylic acids is 1. The molecule has 29 heavy (non-hydrogen) atoms. The third-order valence-corrected chi connectivity index (χ3v) is 7.14. The number of thioether (sulfide) groups is 1. The number of carbonyl (C=O) groups is 1. The molecule has 0 saturated heterocycles. The standard InChI is InChI=1S/C23H28FN3OS/c1-3-22(4-2,17-28)27-23(14-9-15-25,19-11-6-5-7-12-19)29-21(26-27)18-10-8-13-20(24)16-18/h5-8,10-13,16-17H,3-4,9,14-15,25H2,1-2H3. The molecule has 1 unspecified atom stereocenters. The fourth-order valence-electron chi connectivity index (χ4n) is 3.88. The zero-order valence-electron chi connectivity index (χ0n) is 17.0. The molecule has 4 nitrogen and oxygen atoms in total. The summed E-state index contributed by atoms with van der Waals surface area (Å²) >= 11 is 1.59. The number of nitrogens with zero attached hydrogens (tertiary/aromatic N) is 2. The molecular weight excluding hydrogens is 385 g/mol. The molecule has 0 spiro atoms. The predicted molar refractivity (Wildman–Crippen MR) is 118 cm³/mol. The van der Waals surface area contributed by atoms with Gasteiger partial charge in [-0.3, -0.25) is 5.01 Å². The maximum Gasteiger partial charge on any atom is 0.147 e. The Bertz CT molecular complexity index is 869. The Balaban J connectivity index is 2.20. The summed E-state index contributed by atoms with van der Waals surface area (Å²) in [7, 11) is 0. The SMILES string of the molecule is CCC(C=O)(CC)N1N=C(c2cccc(F)c2)SC1(CCCN)c1ccccc1. The normalized spacial score (nSPS) is 19.3. The second kappa shape index (κ2) is 9.09. The summed E-state index contributed by atoms with van der Waals surface area (Å²) in [6, 6.07) is 16.6. The molecule has 0 amide bonds. The molecule has 0 fully saturated rings. The molecule has 1 aliphatic heterocycles. The molecule has 1 atom stereocenters. The van der Waals surface area contributed by atoms with Crippen LogP contribution >= 0.6 is 11.8 Å². The molecule has 0 radical (unpaired) electrons. The van der Waals surface area contributed by atoms with Gasteiger partial charge in [0, 0.05) is 5.56 Å². The van der Waals surface area contributed by atoms with Crippen molar-refractivity contribution in [3.63, 3.8) is 0 Å². The topological polar surface area (TPSA) is 58.7 Å². The Kier molecular flexibility index (Phi) is 6.75. The van der Waals surface area contributed by atoms with Crippen molar-refractivity contribution >= 4 is 23.1 Å². The molecule has 154 valence electrons. The molecule has 0 saturated carbocycles. The Morgan fingerprint density at radius 1 is 1.17 bits per heavy atom. The molecule has 0 bridgehead atoms. The first-order valence-electron chi connectivity index (χ1n) is 10.1. The Morgan fingerprint density at radius 3 is 2.48 bits per heavy atom. The fourth-order valence-corrected chi connectivity index (χ4v) is 5.38. The number of hydrogen-bond donors (Lipinski definition) is 1. The van der Waals surface area contributed by atoms with E-state index in [1.807, 2.05) is 43.1 Å². The zero-order valence-corrected chi connectivity index (χ0v) is 17.8. The van der Waals surface area contributed by atoms with Crippen molar-refractivity contribution in [2.45, 2.75) is 49.9 Å². The zero-order chi connectivity index (χ0) is 20.9. The minimum absolute atomic E-state index is 0.302. The van der Waals surface area contributed by atoms with E-state index in [-0.39, 0.29) is 5.82 Å². The molecule has 0 aliphatic carbocycles. The molecule has 2 aromatic carbocycles. The van der Waals surface area contributed by atoms with Crippen LogP contribution in [0.2, 0.25) is 0 Å². The number of halogens is 1. The van der Waals surface area contributed by atoms with Crippen molar-refractivity contribution in [1.82, 2.24) is 5.01 Å². The summed E-state index contributed by atoms with van der Waals surface area (Å²) in [6.45, 7) is 4.57. The van der Waals surface area contributed by atoms with Crippen LogP contribution in [0.3, 0.4) is 0 Å². The number of hydrogen-bond acceptors (Lipinski definition) is 5. The van der Waals surface area contributed by atoms with Gasteiger partial charge in [0.25, 0.3) is 0 Å². The van der Waals surface area contributed by atoms with E-state index in [4.69, 9.17) is 10.8 Å². The molecular formula is C23H28FN3OS. The van der Waals surface area contributed by atoms with E-state index in [0.29, 0.717) is 19.4 Å². The van der Waals surface area contributed by atoms with E-state index in [9.17, 15) is 9.18 Å². The highest BCUT2D eigenvalue weighted by Crippen LogP contribution is 2.53. The summed E-state index contributed by atoms with van der Waals surface area (Å²) in [4.78, 5) is 11.8. The van der Waals surface area contributed by atoms with E-state index in [2.05, 4.69) is 12.1 Å². The van der Waals surface area contributed by atoms with Crippen molar-refractivity contribution in [3.05, 3.63) is 71.5 Å². The first-order valence-corrected chi connectivity index (χ1v) is 10.9. The van der Waals surface area contributed by atoms with E-state index in [0.717, 1.165) is 35.3 Å². The Hall–Kier alpha value is -2.18. The van der Waals surface area contributed by atoms with Crippen LogP contribution in [0.4, 0.5) is 4.39 Å². The van der Waals surface area contributed by atoms with Gasteiger partial charge in [-0.25, -0.2) is 4.39 Å². The highest BCUT2D eigenvalue weighted by atomic mass is 32.2. The molecule has 6 heteroatoms. The summed E-state index contributed by atoms with van der Waals surface area (Å²) in [5, 5.41) is 7.64. The van der Waals surface area contributed by atoms with Crippen LogP contribution < -0.4 is 5.73 Å². The van der Waals surface area contributed by atoms with Crippen LogP contribution in [0.25, 0.3) is 0 Å². The summed E-state index contributed by atoms with van der Waals surface area (Å²) in [6.07, 6.45) is 3.80. The average molecular weight is 414 g/mol. The fraction of sp³-hybridized carbons (Fsp3) is 0.391. The van der Waals surface area contributed by atoms with E-state index in [1.54, 1.807) is 17.8 Å². The summed E-state index contributed by atoms with van der Waals surface area (Å²) in [5.41, 5.74) is 6.92. The summed E-state index contributed by atoms with van der Waals surface area (Å²) < 4.78 is 13.9. The van der Waals surface area contributed by atoms with Crippen LogP contribution in [-0.4, -0.2) is 28.4 Å². The summed E-state index contributed by atoms with van der Waals surface area (Å²) in [5.74, 6) is -0.302. The number of benzene rings is 2. The molecule has 1 aliphatic rings. The van der Waals surface area contributed by atoms with Crippen molar-refractivity contribution in [3.8, 4) is 0 Å². The Labute approximate surface area is 176 Å². The second-order valence-electron chi connectivity index (χ2n) is 7.30. The van der Waals surface area contributed by atoms with Crippen LogP contribution in [0.1, 0.15) is 50.7 Å². The van der Waals surface area contributed by atoms with Crippen molar-refractivity contribution in [1.29, 1.82) is 0 Å². The first-order chi connectivity index (χ1) is 14.0. The quantitative estimate of drug-likeness (QED) is 0.595. The lowest BCUT2D eigenvalue weighted by Crippen LogP contribution is -2.54. The highest BCUT2D eigenvalue weighted by molar-refractivity contribution is 8.15. The molecule has 2 N–H and O–H groups in total. The predicted octanol–water partition coefficient (Wildman–Crippen LogP) is 4.89. The van der Waals surface area contributed by atoms with E-state index >= 15 is 0 Å². The molecule has 3 rings (SSSR count). The van der Waals surface area contributed by atoms with Crippen molar-refractivity contribution in [2.75, 3.05) is 6.54 Å². The number of hydrazone groups is 1. The lowest BCUT2D eigenvalue weighted by molar-refractivity contribution is -0.122. The highest BCUT2D eigenvalue weighted by Gasteiger charge is 2.52. The van der Waals surface area contributed by atoms with Gasteiger partial charge >= 0.3 is 0 Å². The van der Waals surface area contributed by atoms with Gasteiger partial charge < -0.3 is 10.5 Å². The molecule has 0 aromatic heterocycles. The van der Waals surface area contributed by atoms with Gasteiger partial charge in [-0.05, 0) is 49.9 Å². The van der Waals surface area contributed by atoms with Crippen molar-refractivity contribution < 1.29 is 9.18 Å². The van der Waals surface area contributed by atoms with Gasteiger partial charge in [0.1, 0.15) is 27.6 Å². The van der Waals surface area contributed by atoms with Crippen LogP contribution in [0.5, 0.6) is 0 Å². The van der Waals surface area contributed by atoms with Crippen LogP contribution in [-0.2, 0) is 9.67 Å². The number of rotatable bonds is 9. The minimum atomic E-state index is -0.744. The second-order valence-corrected chi connectivity index (χ2v) is 8.57. The van der Waals surface area contributed by atoms with Gasteiger partial charge in [0.2, 0.25) is 0 Å². The van der Waals surface area contributed by atoms with Crippen LogP contribution in [0, 0.1) is 5.82 Å². The number of nitrogens with two attached hydrogens (primary N) is 1. The minimum Gasteiger partial charge on any atom is -0.330 e. The van der Waals surface area contributed by atoms with E-state index in [1.165, 1.54) is 12.1 Å². The number of aldehydes is 1. The maximum atomic E-state index is 13.9. The first kappa shape index (κ1) is 21.5. The molecule has 2 aromatic rings. The van der Waals surface area contributed by atoms with Gasteiger partial charge in [-0.1, -0.05) is 68.1 Å². The van der Waals surface area contributed by atoms with Gasteiger partial charge in [-0.2, -0.15) is 5.10 Å². The Morgan fingerprint density at radius 2 is 1.90 bits per heavy atom. The monoisotopic (exact) mass is 413 g/mol. The van der Waals surface area contributed by atoms with E-state index < -0.39 is 10.4 Å². The molecule has 1 heterocycles. The largest absolute Gasteiger partial charge is 0.330 e. The maximum absolute atomic E-state index is 13.9. The van der Waals surface area contributed by atoms with Crippen LogP contribution in [0.15, 0.2) is 59.7 Å². The third-order valence-electron chi connectivity index (χ3n) is 5.68. The van der Waals surface area contributed by atoms with Gasteiger partial charge in [0.15, 0.2) is 0 Å². The lowest BCUT2D eigenvalue weighted by atomic mass is 9.89. The van der Waals surface area contributed by atoms with Gasteiger partial charge in [-0.15, -0.1) is 0 Å². The van der Waals surface area contributed by atoms with Crippen molar-refractivity contribution in [2.24, 2.45) is 10.8 Å². The average Bonchev–Trinajstić information content (AvgIpc) is 3.16. The third kappa shape index (κ3) is 3.96. The van der Waals surface area contributed by atoms with Gasteiger partial charge in [0.05, 0.1) is 0 Å². The smallest absolute Gasteiger partial charge is 0.147 e.